The summed E-state index contributed by atoms with van der Waals surface area (Å²) in [5.41, 5.74) is 1.64. The summed E-state index contributed by atoms with van der Waals surface area (Å²) in [5, 5.41) is 6.11. The van der Waals surface area contributed by atoms with Crippen LogP contribution < -0.4 is 15.4 Å². The van der Waals surface area contributed by atoms with Crippen LogP contribution in [-0.2, 0) is 0 Å². The Kier molecular flexibility index (Phi) is 6.22. The minimum atomic E-state index is -0.0890. The highest BCUT2D eigenvalue weighted by atomic mass is 16.5. The maximum Gasteiger partial charge on any atom is 0.255 e. The Labute approximate surface area is 109 Å². The molecule has 0 bridgehead atoms. The molecule has 0 saturated carbocycles. The van der Waals surface area contributed by atoms with Crippen LogP contribution in [0.3, 0.4) is 0 Å². The third-order valence-electron chi connectivity index (χ3n) is 2.61. The van der Waals surface area contributed by atoms with Gasteiger partial charge in [0.2, 0.25) is 0 Å². The normalized spacial score (nSPS) is 10.2. The molecule has 2 N–H and O–H groups in total. The van der Waals surface area contributed by atoms with E-state index in [-0.39, 0.29) is 5.91 Å². The van der Waals surface area contributed by atoms with Crippen molar-refractivity contribution >= 4 is 5.91 Å². The van der Waals surface area contributed by atoms with Crippen LogP contribution in [-0.4, -0.2) is 32.7 Å². The van der Waals surface area contributed by atoms with Crippen LogP contribution in [0.5, 0.6) is 5.75 Å². The van der Waals surface area contributed by atoms with Crippen molar-refractivity contribution in [2.75, 3.05) is 26.7 Å². The van der Waals surface area contributed by atoms with Gasteiger partial charge in [-0.2, -0.15) is 0 Å². The van der Waals surface area contributed by atoms with E-state index in [1.807, 2.05) is 25.1 Å². The predicted octanol–water partition coefficient (Wildman–Crippen LogP) is 1.73. The fourth-order valence-corrected chi connectivity index (χ4v) is 1.66. The largest absolute Gasteiger partial charge is 0.496 e. The highest BCUT2D eigenvalue weighted by Gasteiger charge is 2.11. The molecule has 0 aliphatic carbocycles. The topological polar surface area (TPSA) is 50.4 Å². The molecule has 0 aromatic heterocycles. The van der Waals surface area contributed by atoms with Gasteiger partial charge in [0.15, 0.2) is 0 Å². The molecule has 0 atom stereocenters. The molecule has 0 aliphatic rings. The van der Waals surface area contributed by atoms with Crippen molar-refractivity contribution in [2.45, 2.75) is 20.3 Å². The Bertz CT molecular complexity index is 391. The smallest absolute Gasteiger partial charge is 0.255 e. The van der Waals surface area contributed by atoms with Crippen LogP contribution in [0.25, 0.3) is 0 Å². The molecule has 1 aromatic rings. The number of hydrogen-bond donors (Lipinski definition) is 2. The molecule has 0 spiro atoms. The van der Waals surface area contributed by atoms with Crippen molar-refractivity contribution in [1.29, 1.82) is 0 Å². The quantitative estimate of drug-likeness (QED) is 0.725. The molecular weight excluding hydrogens is 228 g/mol. The summed E-state index contributed by atoms with van der Waals surface area (Å²) >= 11 is 0. The first-order chi connectivity index (χ1) is 8.69. The summed E-state index contributed by atoms with van der Waals surface area (Å²) in [7, 11) is 1.57. The van der Waals surface area contributed by atoms with Crippen molar-refractivity contribution in [1.82, 2.24) is 10.6 Å². The van der Waals surface area contributed by atoms with Crippen LogP contribution in [0.15, 0.2) is 18.2 Å². The van der Waals surface area contributed by atoms with Gasteiger partial charge in [-0.25, -0.2) is 0 Å². The Hall–Kier alpha value is -1.55. The average Bonchev–Trinajstić information content (AvgIpc) is 2.38. The molecule has 0 unspecified atom stereocenters. The monoisotopic (exact) mass is 250 g/mol. The summed E-state index contributed by atoms with van der Waals surface area (Å²) in [6.45, 7) is 6.45. The number of methoxy groups -OCH3 is 1. The highest BCUT2D eigenvalue weighted by Crippen LogP contribution is 2.19. The standard InChI is InChI=1S/C14H22N2O2/c1-4-7-15-8-9-16-14(17)12-10-11(2)5-6-13(12)18-3/h5-6,10,15H,4,7-9H2,1-3H3,(H,16,17). The molecule has 100 valence electrons. The number of aryl methyl sites for hydroxylation is 1. The first-order valence-electron chi connectivity index (χ1n) is 6.32. The summed E-state index contributed by atoms with van der Waals surface area (Å²) in [6.07, 6.45) is 1.10. The third-order valence-corrected chi connectivity index (χ3v) is 2.61. The van der Waals surface area contributed by atoms with Crippen molar-refractivity contribution < 1.29 is 9.53 Å². The molecule has 18 heavy (non-hydrogen) atoms. The first kappa shape index (κ1) is 14.5. The van der Waals surface area contributed by atoms with Gasteiger partial charge < -0.3 is 15.4 Å². The molecular formula is C14H22N2O2. The van der Waals surface area contributed by atoms with E-state index >= 15 is 0 Å². The summed E-state index contributed by atoms with van der Waals surface area (Å²) in [6, 6.07) is 5.59. The van der Waals surface area contributed by atoms with Crippen LogP contribution in [0.2, 0.25) is 0 Å². The van der Waals surface area contributed by atoms with E-state index in [1.54, 1.807) is 7.11 Å². The maximum absolute atomic E-state index is 12.0. The zero-order valence-corrected chi connectivity index (χ0v) is 11.4. The van der Waals surface area contributed by atoms with Gasteiger partial charge in [-0.1, -0.05) is 18.6 Å². The van der Waals surface area contributed by atoms with Gasteiger partial charge in [0.05, 0.1) is 12.7 Å². The lowest BCUT2D eigenvalue weighted by Crippen LogP contribution is -2.32. The molecule has 4 nitrogen and oxygen atoms in total. The molecule has 1 amide bonds. The van der Waals surface area contributed by atoms with Gasteiger partial charge in [-0.15, -0.1) is 0 Å². The summed E-state index contributed by atoms with van der Waals surface area (Å²) in [4.78, 5) is 12.0. The minimum absolute atomic E-state index is 0.0890. The molecule has 1 aromatic carbocycles. The number of rotatable bonds is 7. The maximum atomic E-state index is 12.0. The fourth-order valence-electron chi connectivity index (χ4n) is 1.66. The van der Waals surface area contributed by atoms with Crippen molar-refractivity contribution in [3.8, 4) is 5.75 Å². The van der Waals surface area contributed by atoms with Crippen molar-refractivity contribution in [3.63, 3.8) is 0 Å². The van der Waals surface area contributed by atoms with Crippen molar-refractivity contribution in [2.24, 2.45) is 0 Å². The highest BCUT2D eigenvalue weighted by molar-refractivity contribution is 5.97. The average molecular weight is 250 g/mol. The molecule has 0 aliphatic heterocycles. The Morgan fingerprint density at radius 1 is 1.28 bits per heavy atom. The van der Waals surface area contributed by atoms with Crippen LogP contribution in [0, 0.1) is 6.92 Å². The van der Waals surface area contributed by atoms with Gasteiger partial charge >= 0.3 is 0 Å². The van der Waals surface area contributed by atoms with Crippen LogP contribution >= 0.6 is 0 Å². The molecule has 0 fully saturated rings. The number of ether oxygens (including phenoxy) is 1. The van der Waals surface area contributed by atoms with E-state index in [9.17, 15) is 4.79 Å². The molecule has 0 saturated heterocycles. The number of amides is 1. The molecule has 0 heterocycles. The van der Waals surface area contributed by atoms with Gasteiger partial charge in [-0.3, -0.25) is 4.79 Å². The third kappa shape index (κ3) is 4.37. The molecule has 0 radical (unpaired) electrons. The Morgan fingerprint density at radius 2 is 2.06 bits per heavy atom. The number of carbonyl (C=O) groups excluding carboxylic acids is 1. The van der Waals surface area contributed by atoms with E-state index in [1.165, 1.54) is 0 Å². The van der Waals surface area contributed by atoms with Gasteiger partial charge in [0.25, 0.3) is 5.91 Å². The lowest BCUT2D eigenvalue weighted by molar-refractivity contribution is 0.0951. The van der Waals surface area contributed by atoms with Crippen LogP contribution in [0.4, 0.5) is 0 Å². The van der Waals surface area contributed by atoms with E-state index in [0.29, 0.717) is 17.9 Å². The number of nitrogens with one attached hydrogen (secondary N) is 2. The first-order valence-corrected chi connectivity index (χ1v) is 6.32. The fraction of sp³-hybridized carbons (Fsp3) is 0.500. The minimum Gasteiger partial charge on any atom is -0.496 e. The lowest BCUT2D eigenvalue weighted by atomic mass is 10.1. The zero-order chi connectivity index (χ0) is 13.4. The molecule has 1 rings (SSSR count). The van der Waals surface area contributed by atoms with E-state index in [2.05, 4.69) is 17.6 Å². The van der Waals surface area contributed by atoms with Gasteiger partial charge in [0.1, 0.15) is 5.75 Å². The summed E-state index contributed by atoms with van der Waals surface area (Å²) < 4.78 is 5.19. The second-order valence-corrected chi connectivity index (χ2v) is 4.21. The molecule has 4 heteroatoms. The van der Waals surface area contributed by atoms with E-state index in [0.717, 1.165) is 25.1 Å². The second-order valence-electron chi connectivity index (χ2n) is 4.21. The van der Waals surface area contributed by atoms with Gasteiger partial charge in [0, 0.05) is 13.1 Å². The number of benzene rings is 1. The van der Waals surface area contributed by atoms with Crippen LogP contribution in [0.1, 0.15) is 29.3 Å². The Morgan fingerprint density at radius 3 is 2.72 bits per heavy atom. The van der Waals surface area contributed by atoms with Gasteiger partial charge in [-0.05, 0) is 32.0 Å². The Balaban J connectivity index is 2.52. The number of hydrogen-bond acceptors (Lipinski definition) is 3. The second kappa shape index (κ2) is 7.71. The van der Waals surface area contributed by atoms with E-state index < -0.39 is 0 Å². The van der Waals surface area contributed by atoms with Crippen molar-refractivity contribution in [3.05, 3.63) is 29.3 Å². The SMILES string of the molecule is CCCNCCNC(=O)c1cc(C)ccc1OC. The van der Waals surface area contributed by atoms with E-state index in [4.69, 9.17) is 4.74 Å². The zero-order valence-electron chi connectivity index (χ0n) is 11.4. The number of carbonyl (C=O) groups is 1. The summed E-state index contributed by atoms with van der Waals surface area (Å²) in [5.74, 6) is 0.522. The predicted molar refractivity (Wildman–Crippen MR) is 73.2 cm³/mol. The lowest BCUT2D eigenvalue weighted by Gasteiger charge is -2.10.